The van der Waals surface area contributed by atoms with E-state index in [0.29, 0.717) is 6.54 Å². The van der Waals surface area contributed by atoms with Gasteiger partial charge >= 0.3 is 0 Å². The highest BCUT2D eigenvalue weighted by atomic mass is 15.3. The molecule has 0 fully saturated rings. The molecule has 0 unspecified atom stereocenters. The zero-order valence-corrected chi connectivity index (χ0v) is 9.77. The molecule has 0 radical (unpaired) electrons. The quantitative estimate of drug-likeness (QED) is 0.849. The highest BCUT2D eigenvalue weighted by Crippen LogP contribution is 2.26. The van der Waals surface area contributed by atoms with Gasteiger partial charge in [0.05, 0.1) is 11.9 Å². The third kappa shape index (κ3) is 1.86. The van der Waals surface area contributed by atoms with E-state index in [0.717, 1.165) is 6.42 Å². The summed E-state index contributed by atoms with van der Waals surface area (Å²) in [5.74, 6) is 0. The number of nitrogens with zero attached hydrogens (tertiary/aromatic N) is 2. The second kappa shape index (κ2) is 4.49. The van der Waals surface area contributed by atoms with Gasteiger partial charge in [-0.1, -0.05) is 24.3 Å². The maximum Gasteiger partial charge on any atom is 0.0714 e. The molecule has 2 aromatic rings. The Bertz CT molecular complexity index is 486. The molecular formula is C13H17N3. The van der Waals surface area contributed by atoms with E-state index in [9.17, 15) is 0 Å². The van der Waals surface area contributed by atoms with Gasteiger partial charge in [0.15, 0.2) is 0 Å². The minimum absolute atomic E-state index is 0.657. The Balaban J connectivity index is 2.54. The standard InChI is InChI=1S/C13H17N3/c1-10-5-3-4-6-12(10)13-11(7-8-14)9-15-16(13)2/h3-6,9H,7-8,14H2,1-2H3. The van der Waals surface area contributed by atoms with Crippen molar-refractivity contribution in [1.29, 1.82) is 0 Å². The number of benzene rings is 1. The molecule has 0 aliphatic rings. The second-order valence-electron chi connectivity index (χ2n) is 4.00. The Morgan fingerprint density at radius 2 is 2.06 bits per heavy atom. The first-order valence-corrected chi connectivity index (χ1v) is 5.51. The molecule has 1 aromatic heterocycles. The van der Waals surface area contributed by atoms with Gasteiger partial charge in [0, 0.05) is 12.6 Å². The van der Waals surface area contributed by atoms with Crippen LogP contribution in [-0.4, -0.2) is 16.3 Å². The summed E-state index contributed by atoms with van der Waals surface area (Å²) < 4.78 is 1.92. The second-order valence-corrected chi connectivity index (χ2v) is 4.00. The number of aromatic nitrogens is 2. The van der Waals surface area contributed by atoms with Crippen LogP contribution in [-0.2, 0) is 13.5 Å². The van der Waals surface area contributed by atoms with E-state index in [-0.39, 0.29) is 0 Å². The van der Waals surface area contributed by atoms with Crippen LogP contribution in [0.15, 0.2) is 30.5 Å². The minimum atomic E-state index is 0.657. The molecule has 16 heavy (non-hydrogen) atoms. The van der Waals surface area contributed by atoms with Gasteiger partial charge in [0.1, 0.15) is 0 Å². The fourth-order valence-electron chi connectivity index (χ4n) is 2.01. The van der Waals surface area contributed by atoms with Crippen LogP contribution in [0.5, 0.6) is 0 Å². The zero-order valence-electron chi connectivity index (χ0n) is 9.77. The molecule has 1 heterocycles. The van der Waals surface area contributed by atoms with Gasteiger partial charge < -0.3 is 5.73 Å². The van der Waals surface area contributed by atoms with E-state index < -0.39 is 0 Å². The van der Waals surface area contributed by atoms with Crippen molar-refractivity contribution < 1.29 is 0 Å². The zero-order chi connectivity index (χ0) is 11.5. The highest BCUT2D eigenvalue weighted by Gasteiger charge is 2.11. The van der Waals surface area contributed by atoms with Crippen LogP contribution < -0.4 is 5.73 Å². The largest absolute Gasteiger partial charge is 0.330 e. The lowest BCUT2D eigenvalue weighted by Crippen LogP contribution is -2.04. The predicted molar refractivity (Wildman–Crippen MR) is 66.1 cm³/mol. The predicted octanol–water partition coefficient (Wildman–Crippen LogP) is 1.90. The van der Waals surface area contributed by atoms with Crippen molar-refractivity contribution in [1.82, 2.24) is 9.78 Å². The Hall–Kier alpha value is -1.61. The average Bonchev–Trinajstić information content (AvgIpc) is 2.62. The van der Waals surface area contributed by atoms with Crippen LogP contribution in [0.2, 0.25) is 0 Å². The summed E-state index contributed by atoms with van der Waals surface area (Å²) in [7, 11) is 1.97. The van der Waals surface area contributed by atoms with Gasteiger partial charge in [0.2, 0.25) is 0 Å². The van der Waals surface area contributed by atoms with Gasteiger partial charge in [0.25, 0.3) is 0 Å². The molecule has 3 nitrogen and oxygen atoms in total. The summed E-state index contributed by atoms with van der Waals surface area (Å²) in [6, 6.07) is 8.36. The molecule has 0 aliphatic heterocycles. The molecule has 3 heteroatoms. The van der Waals surface area contributed by atoms with Crippen molar-refractivity contribution in [2.75, 3.05) is 6.54 Å². The van der Waals surface area contributed by atoms with Gasteiger partial charge in [-0.15, -0.1) is 0 Å². The molecule has 1 aromatic carbocycles. The van der Waals surface area contributed by atoms with Crippen molar-refractivity contribution in [2.45, 2.75) is 13.3 Å². The first-order chi connectivity index (χ1) is 7.74. The van der Waals surface area contributed by atoms with Crippen molar-refractivity contribution in [3.05, 3.63) is 41.6 Å². The fourth-order valence-corrected chi connectivity index (χ4v) is 2.01. The number of nitrogens with two attached hydrogens (primary N) is 1. The van der Waals surface area contributed by atoms with E-state index in [1.807, 2.05) is 17.9 Å². The molecule has 0 saturated carbocycles. The first kappa shape index (κ1) is 10.9. The molecule has 2 N–H and O–H groups in total. The molecule has 2 rings (SSSR count). The van der Waals surface area contributed by atoms with Gasteiger partial charge in [-0.05, 0) is 31.0 Å². The summed E-state index contributed by atoms with van der Waals surface area (Å²) in [5, 5.41) is 4.31. The minimum Gasteiger partial charge on any atom is -0.330 e. The van der Waals surface area contributed by atoms with E-state index in [1.165, 1.54) is 22.4 Å². The van der Waals surface area contributed by atoms with E-state index in [1.54, 1.807) is 0 Å². The van der Waals surface area contributed by atoms with Gasteiger partial charge in [-0.25, -0.2) is 0 Å². The van der Waals surface area contributed by atoms with Crippen molar-refractivity contribution >= 4 is 0 Å². The molecule has 0 spiro atoms. The lowest BCUT2D eigenvalue weighted by Gasteiger charge is -2.08. The molecule has 0 amide bonds. The van der Waals surface area contributed by atoms with Crippen molar-refractivity contribution in [3.8, 4) is 11.3 Å². The van der Waals surface area contributed by atoms with E-state index in [2.05, 4.69) is 36.3 Å². The van der Waals surface area contributed by atoms with Crippen LogP contribution in [0.4, 0.5) is 0 Å². The first-order valence-electron chi connectivity index (χ1n) is 5.51. The summed E-state index contributed by atoms with van der Waals surface area (Å²) in [6.45, 7) is 2.78. The Kier molecular flexibility index (Phi) is 3.06. The van der Waals surface area contributed by atoms with Crippen molar-refractivity contribution in [2.24, 2.45) is 12.8 Å². The smallest absolute Gasteiger partial charge is 0.0714 e. The van der Waals surface area contributed by atoms with Gasteiger partial charge in [-0.3, -0.25) is 4.68 Å². The normalized spacial score (nSPS) is 10.7. The Morgan fingerprint density at radius 1 is 1.31 bits per heavy atom. The molecular weight excluding hydrogens is 198 g/mol. The summed E-state index contributed by atoms with van der Waals surface area (Å²) in [5.41, 5.74) is 10.5. The average molecular weight is 215 g/mol. The molecule has 84 valence electrons. The number of rotatable bonds is 3. The molecule has 0 saturated heterocycles. The number of hydrogen-bond donors (Lipinski definition) is 1. The van der Waals surface area contributed by atoms with Crippen LogP contribution in [0, 0.1) is 6.92 Å². The van der Waals surface area contributed by atoms with Gasteiger partial charge in [-0.2, -0.15) is 5.10 Å². The Morgan fingerprint density at radius 3 is 2.75 bits per heavy atom. The SMILES string of the molecule is Cc1ccccc1-c1c(CCN)cnn1C. The van der Waals surface area contributed by atoms with Crippen LogP contribution in [0.3, 0.4) is 0 Å². The van der Waals surface area contributed by atoms with Crippen LogP contribution >= 0.6 is 0 Å². The number of hydrogen-bond acceptors (Lipinski definition) is 2. The van der Waals surface area contributed by atoms with E-state index in [4.69, 9.17) is 5.73 Å². The van der Waals surface area contributed by atoms with Crippen LogP contribution in [0.25, 0.3) is 11.3 Å². The third-order valence-electron chi connectivity index (χ3n) is 2.83. The third-order valence-corrected chi connectivity index (χ3v) is 2.83. The highest BCUT2D eigenvalue weighted by molar-refractivity contribution is 5.66. The summed E-state index contributed by atoms with van der Waals surface area (Å²) in [6.07, 6.45) is 2.78. The topological polar surface area (TPSA) is 43.8 Å². The lowest BCUT2D eigenvalue weighted by atomic mass is 10.0. The summed E-state index contributed by atoms with van der Waals surface area (Å²) >= 11 is 0. The summed E-state index contributed by atoms with van der Waals surface area (Å²) in [4.78, 5) is 0. The fraction of sp³-hybridized carbons (Fsp3) is 0.308. The monoisotopic (exact) mass is 215 g/mol. The molecule has 0 bridgehead atoms. The lowest BCUT2D eigenvalue weighted by molar-refractivity contribution is 0.774. The maximum atomic E-state index is 5.62. The molecule has 0 atom stereocenters. The van der Waals surface area contributed by atoms with Crippen LogP contribution in [0.1, 0.15) is 11.1 Å². The number of aryl methyl sites for hydroxylation is 2. The maximum absolute atomic E-state index is 5.62. The Labute approximate surface area is 95.9 Å². The van der Waals surface area contributed by atoms with E-state index >= 15 is 0 Å². The van der Waals surface area contributed by atoms with Crippen molar-refractivity contribution in [3.63, 3.8) is 0 Å². The molecule has 0 aliphatic carbocycles.